The van der Waals surface area contributed by atoms with E-state index in [9.17, 15) is 9.59 Å². The third kappa shape index (κ3) is 22.9. The molecule has 3 heteroatoms. The van der Waals surface area contributed by atoms with Crippen molar-refractivity contribution >= 4 is 11.8 Å². The van der Waals surface area contributed by atoms with Gasteiger partial charge in [0.25, 0.3) is 0 Å². The molecule has 12 heavy (non-hydrogen) atoms. The van der Waals surface area contributed by atoms with E-state index in [4.69, 9.17) is 0 Å². The minimum Gasteiger partial charge on any atom is -0.466 e. The second-order valence-electron chi connectivity index (χ2n) is 2.38. The van der Waals surface area contributed by atoms with Gasteiger partial charge in [-0.05, 0) is 20.3 Å². The fourth-order valence-corrected chi connectivity index (χ4v) is 0.555. The van der Waals surface area contributed by atoms with Crippen LogP contribution in [0.15, 0.2) is 0 Å². The minimum atomic E-state index is -0.211. The molecule has 0 aromatic rings. The Labute approximate surface area is 74.1 Å². The van der Waals surface area contributed by atoms with Crippen molar-refractivity contribution < 1.29 is 14.3 Å². The van der Waals surface area contributed by atoms with Crippen molar-refractivity contribution in [3.63, 3.8) is 0 Å². The molecule has 0 saturated heterocycles. The Morgan fingerprint density at radius 2 is 1.67 bits per heavy atom. The molecule has 0 aliphatic heterocycles. The Kier molecular flexibility index (Phi) is 11.6. The van der Waals surface area contributed by atoms with E-state index in [0.717, 1.165) is 12.8 Å². The monoisotopic (exact) mass is 174 g/mol. The van der Waals surface area contributed by atoms with Crippen LogP contribution in [-0.2, 0) is 14.3 Å². The van der Waals surface area contributed by atoms with Gasteiger partial charge in [0.1, 0.15) is 5.78 Å². The highest BCUT2D eigenvalue weighted by Gasteiger charge is 1.83. The van der Waals surface area contributed by atoms with Crippen LogP contribution in [0.25, 0.3) is 0 Å². The third-order valence-corrected chi connectivity index (χ3v) is 0.950. The zero-order valence-corrected chi connectivity index (χ0v) is 8.35. The van der Waals surface area contributed by atoms with Crippen LogP contribution in [0.5, 0.6) is 0 Å². The Morgan fingerprint density at radius 3 is 1.67 bits per heavy atom. The first-order valence-electron chi connectivity index (χ1n) is 4.17. The van der Waals surface area contributed by atoms with Crippen LogP contribution in [0.3, 0.4) is 0 Å². The van der Waals surface area contributed by atoms with Gasteiger partial charge >= 0.3 is 5.97 Å². The Balaban J connectivity index is 0. The molecule has 0 atom stereocenters. The van der Waals surface area contributed by atoms with Crippen molar-refractivity contribution in [1.82, 2.24) is 0 Å². The number of esters is 1. The van der Waals surface area contributed by atoms with E-state index in [0.29, 0.717) is 6.61 Å². The molecule has 0 radical (unpaired) electrons. The van der Waals surface area contributed by atoms with E-state index in [1.54, 1.807) is 13.8 Å². The van der Waals surface area contributed by atoms with Crippen LogP contribution in [-0.4, -0.2) is 18.4 Å². The van der Waals surface area contributed by atoms with Gasteiger partial charge in [-0.1, -0.05) is 6.92 Å². The summed E-state index contributed by atoms with van der Waals surface area (Å²) in [5, 5.41) is 0. The second-order valence-corrected chi connectivity index (χ2v) is 2.38. The van der Waals surface area contributed by atoms with Crippen molar-refractivity contribution in [2.75, 3.05) is 6.61 Å². The molecule has 0 N–H and O–H groups in total. The summed E-state index contributed by atoms with van der Waals surface area (Å²) in [4.78, 5) is 19.9. The van der Waals surface area contributed by atoms with Crippen molar-refractivity contribution in [2.45, 2.75) is 40.5 Å². The molecule has 3 nitrogen and oxygen atoms in total. The van der Waals surface area contributed by atoms with Gasteiger partial charge in [0, 0.05) is 13.3 Å². The summed E-state index contributed by atoms with van der Waals surface area (Å²) < 4.78 is 4.40. The first kappa shape index (κ1) is 13.7. The minimum absolute atomic E-state index is 0.211. The molecule has 0 saturated carbocycles. The molecule has 0 fully saturated rings. The van der Waals surface area contributed by atoms with Gasteiger partial charge < -0.3 is 9.53 Å². The Hall–Kier alpha value is -0.860. The molecular formula is C9H18O3. The highest BCUT2D eigenvalue weighted by Crippen LogP contribution is 1.84. The van der Waals surface area contributed by atoms with Gasteiger partial charge in [-0.3, -0.25) is 4.79 Å². The van der Waals surface area contributed by atoms with Gasteiger partial charge in [-0.25, -0.2) is 0 Å². The van der Waals surface area contributed by atoms with E-state index in [-0.39, 0.29) is 11.8 Å². The van der Waals surface area contributed by atoms with Crippen LogP contribution in [0.2, 0.25) is 0 Å². The van der Waals surface area contributed by atoms with Crippen molar-refractivity contribution in [3.8, 4) is 0 Å². The summed E-state index contributed by atoms with van der Waals surface area (Å²) in [6.07, 6.45) is 1.72. The number of hydrogen-bond donors (Lipinski definition) is 0. The predicted octanol–water partition coefficient (Wildman–Crippen LogP) is 1.94. The van der Waals surface area contributed by atoms with Crippen molar-refractivity contribution in [1.29, 1.82) is 0 Å². The van der Waals surface area contributed by atoms with E-state index in [1.807, 2.05) is 6.92 Å². The molecule has 0 unspecified atom stereocenters. The summed E-state index contributed by atoms with van der Waals surface area (Å²) in [7, 11) is 0. The molecule has 72 valence electrons. The SMILES string of the molecule is CCCC(C)=O.CCOC(C)=O. The number of hydrogen-bond acceptors (Lipinski definition) is 3. The van der Waals surface area contributed by atoms with E-state index >= 15 is 0 Å². The maximum Gasteiger partial charge on any atom is 0.302 e. The highest BCUT2D eigenvalue weighted by molar-refractivity contribution is 5.75. The maximum atomic E-state index is 10.0. The first-order chi connectivity index (χ1) is 5.54. The van der Waals surface area contributed by atoms with Crippen molar-refractivity contribution in [2.24, 2.45) is 0 Å². The molecule has 0 amide bonds. The lowest BCUT2D eigenvalue weighted by atomic mass is 10.3. The topological polar surface area (TPSA) is 43.4 Å². The second kappa shape index (κ2) is 10.1. The number of carbonyl (C=O) groups is 2. The fraction of sp³-hybridized carbons (Fsp3) is 0.778. The summed E-state index contributed by atoms with van der Waals surface area (Å²) in [6.45, 7) is 7.27. The van der Waals surface area contributed by atoms with Gasteiger partial charge in [-0.15, -0.1) is 0 Å². The third-order valence-electron chi connectivity index (χ3n) is 0.950. The van der Waals surface area contributed by atoms with E-state index in [2.05, 4.69) is 4.74 Å². The van der Waals surface area contributed by atoms with Crippen LogP contribution in [0.1, 0.15) is 40.5 Å². The summed E-state index contributed by atoms with van der Waals surface area (Å²) in [6, 6.07) is 0. The van der Waals surface area contributed by atoms with Gasteiger partial charge in [-0.2, -0.15) is 0 Å². The number of Topliss-reactive ketones (excluding diaryl/α,β-unsaturated/α-hetero) is 1. The Morgan fingerprint density at radius 1 is 1.17 bits per heavy atom. The molecule has 0 bridgehead atoms. The maximum absolute atomic E-state index is 10.0. The van der Waals surface area contributed by atoms with E-state index < -0.39 is 0 Å². The lowest BCUT2D eigenvalue weighted by molar-refractivity contribution is -0.140. The Bertz CT molecular complexity index is 114. The van der Waals surface area contributed by atoms with Crippen LogP contribution >= 0.6 is 0 Å². The summed E-state index contributed by atoms with van der Waals surface area (Å²) >= 11 is 0. The fourth-order valence-electron chi connectivity index (χ4n) is 0.555. The lowest BCUT2D eigenvalue weighted by Crippen LogP contribution is -1.95. The van der Waals surface area contributed by atoms with Gasteiger partial charge in [0.05, 0.1) is 6.61 Å². The number of ketones is 1. The summed E-state index contributed by atoms with van der Waals surface area (Å²) in [5.41, 5.74) is 0. The zero-order valence-electron chi connectivity index (χ0n) is 8.35. The largest absolute Gasteiger partial charge is 0.466 e. The number of carbonyl (C=O) groups excluding carboxylic acids is 2. The van der Waals surface area contributed by atoms with Crippen LogP contribution in [0.4, 0.5) is 0 Å². The van der Waals surface area contributed by atoms with Gasteiger partial charge in [0.2, 0.25) is 0 Å². The van der Waals surface area contributed by atoms with E-state index in [1.165, 1.54) is 6.92 Å². The molecule has 0 aromatic heterocycles. The average molecular weight is 174 g/mol. The quantitative estimate of drug-likeness (QED) is 0.614. The van der Waals surface area contributed by atoms with Gasteiger partial charge in [0.15, 0.2) is 0 Å². The standard InChI is InChI=1S/C5H10O.C4H8O2/c1-3-4-5(2)6;1-3-6-4(2)5/h3-4H2,1-2H3;3H2,1-2H3. The smallest absolute Gasteiger partial charge is 0.302 e. The molecule has 0 aromatic carbocycles. The first-order valence-corrected chi connectivity index (χ1v) is 4.17. The molecule has 0 rings (SSSR count). The molecule has 0 heterocycles. The lowest BCUT2D eigenvalue weighted by Gasteiger charge is -1.89. The molecule has 0 spiro atoms. The summed E-state index contributed by atoms with van der Waals surface area (Å²) in [5.74, 6) is 0.0787. The molecule has 0 aliphatic rings. The average Bonchev–Trinajstić information content (AvgIpc) is 1.87. The zero-order chi connectivity index (χ0) is 9.98. The van der Waals surface area contributed by atoms with Crippen LogP contribution < -0.4 is 0 Å². The van der Waals surface area contributed by atoms with Crippen LogP contribution in [0, 0.1) is 0 Å². The van der Waals surface area contributed by atoms with Crippen molar-refractivity contribution in [3.05, 3.63) is 0 Å². The molecule has 0 aliphatic carbocycles. The molecular weight excluding hydrogens is 156 g/mol. The number of ether oxygens (including phenoxy) is 1. The predicted molar refractivity (Wildman–Crippen MR) is 47.9 cm³/mol. The highest BCUT2D eigenvalue weighted by atomic mass is 16.5. The number of rotatable bonds is 3. The normalized spacial score (nSPS) is 8.00.